The van der Waals surface area contributed by atoms with E-state index in [1.807, 2.05) is 34.6 Å². The molecule has 0 spiro atoms. The summed E-state index contributed by atoms with van der Waals surface area (Å²) in [4.78, 5) is 44.2. The third-order valence-electron chi connectivity index (χ3n) is 6.26. The topological polar surface area (TPSA) is 148 Å². The molecule has 4 atom stereocenters. The van der Waals surface area contributed by atoms with Crippen LogP contribution in [-0.2, 0) is 19.1 Å². The molecule has 198 valence electrons. The number of hydrogen-bond acceptors (Lipinski definition) is 6. The molecule has 1 unspecified atom stereocenters. The van der Waals surface area contributed by atoms with Crippen molar-refractivity contribution in [3.63, 3.8) is 0 Å². The van der Waals surface area contributed by atoms with Gasteiger partial charge in [0.05, 0.1) is 19.5 Å². The summed E-state index contributed by atoms with van der Waals surface area (Å²) in [5.41, 5.74) is 4.95. The first-order valence-electron chi connectivity index (χ1n) is 12.3. The molecule has 35 heavy (non-hydrogen) atoms. The highest BCUT2D eigenvalue weighted by atomic mass is 16.5. The van der Waals surface area contributed by atoms with E-state index in [0.717, 1.165) is 0 Å². The minimum Gasteiger partial charge on any atom is -0.458 e. The summed E-state index contributed by atoms with van der Waals surface area (Å²) in [5, 5.41) is 16.0. The fourth-order valence-corrected chi connectivity index (χ4v) is 4.40. The Morgan fingerprint density at radius 1 is 1.31 bits per heavy atom. The van der Waals surface area contributed by atoms with Crippen LogP contribution in [0.5, 0.6) is 0 Å². The Morgan fingerprint density at radius 2 is 1.97 bits per heavy atom. The second-order valence-corrected chi connectivity index (χ2v) is 10.2. The molecule has 0 aromatic rings. The molecule has 0 saturated carbocycles. The number of ketones is 1. The third kappa shape index (κ3) is 8.60. The van der Waals surface area contributed by atoms with Crippen LogP contribution in [0.25, 0.3) is 0 Å². The number of carbonyl (C=O) groups is 3. The van der Waals surface area contributed by atoms with Crippen molar-refractivity contribution in [2.24, 2.45) is 23.0 Å². The van der Waals surface area contributed by atoms with E-state index in [0.29, 0.717) is 19.5 Å². The molecule has 1 aliphatic rings. The van der Waals surface area contributed by atoms with Crippen molar-refractivity contribution in [3.05, 3.63) is 0 Å². The Kier molecular flexibility index (Phi) is 12.4. The van der Waals surface area contributed by atoms with E-state index in [1.165, 1.54) is 0 Å². The van der Waals surface area contributed by atoms with Crippen LogP contribution >= 0.6 is 0 Å². The normalized spacial score (nSPS) is 20.4. The maximum absolute atomic E-state index is 13.7. The van der Waals surface area contributed by atoms with Crippen LogP contribution in [0.3, 0.4) is 0 Å². The van der Waals surface area contributed by atoms with Crippen molar-refractivity contribution in [2.45, 2.75) is 78.9 Å². The Balaban J connectivity index is 3.25. The van der Waals surface area contributed by atoms with Gasteiger partial charge >= 0.3 is 5.90 Å². The van der Waals surface area contributed by atoms with Gasteiger partial charge in [-0.25, -0.2) is 4.99 Å². The number of Topliss-reactive ketones (excluding diaryl/α,β-unsaturated/α-hetero) is 1. The predicted octanol–water partition coefficient (Wildman–Crippen LogP) is -0.722. The van der Waals surface area contributed by atoms with Gasteiger partial charge in [-0.05, 0) is 37.0 Å². The SMILES string of the molecule is C#CCCC(NC(=O)[C@@H]1[C@@H](C(C)C)CCN1C(=O)[C@@H](NCOCN)C(C)(C)C)C(=O)C(O)=[NH+]CC. The van der Waals surface area contributed by atoms with Crippen LogP contribution in [0.15, 0.2) is 0 Å². The van der Waals surface area contributed by atoms with Crippen molar-refractivity contribution in [1.29, 1.82) is 0 Å². The molecule has 2 amide bonds. The summed E-state index contributed by atoms with van der Waals surface area (Å²) >= 11 is 0. The number of nitrogens with zero attached hydrogens (tertiary/aromatic N) is 1. The average molecular weight is 495 g/mol. The second-order valence-electron chi connectivity index (χ2n) is 10.2. The first-order chi connectivity index (χ1) is 16.4. The molecule has 6 N–H and O–H groups in total. The number of terminal acetylenes is 1. The maximum atomic E-state index is 13.7. The lowest BCUT2D eigenvalue weighted by Crippen LogP contribution is -2.75. The molecule has 1 fully saturated rings. The summed E-state index contributed by atoms with van der Waals surface area (Å²) in [5.74, 6) is 0.708. The third-order valence-corrected chi connectivity index (χ3v) is 6.26. The number of hydrogen-bond donors (Lipinski definition) is 5. The molecule has 0 aliphatic carbocycles. The zero-order valence-electron chi connectivity index (χ0n) is 22.0. The molecule has 0 bridgehead atoms. The summed E-state index contributed by atoms with van der Waals surface area (Å²) < 4.78 is 5.20. The number of rotatable bonds is 13. The molecule has 0 radical (unpaired) electrons. The quantitative estimate of drug-likeness (QED) is 0.0746. The molecule has 1 saturated heterocycles. The zero-order valence-corrected chi connectivity index (χ0v) is 22.0. The van der Waals surface area contributed by atoms with E-state index in [-0.39, 0.29) is 44.0 Å². The van der Waals surface area contributed by atoms with Gasteiger partial charge < -0.3 is 25.8 Å². The van der Waals surface area contributed by atoms with Crippen molar-refractivity contribution in [2.75, 3.05) is 26.6 Å². The van der Waals surface area contributed by atoms with Gasteiger partial charge in [-0.15, -0.1) is 12.3 Å². The summed E-state index contributed by atoms with van der Waals surface area (Å²) in [6, 6.07) is -2.37. The fraction of sp³-hybridized carbons (Fsp3) is 0.760. The fourth-order valence-electron chi connectivity index (χ4n) is 4.40. The smallest absolute Gasteiger partial charge is 0.405 e. The van der Waals surface area contributed by atoms with Gasteiger partial charge in [-0.3, -0.25) is 19.7 Å². The second kappa shape index (κ2) is 14.2. The van der Waals surface area contributed by atoms with Crippen LogP contribution in [0, 0.1) is 29.6 Å². The number of nitrogens with two attached hydrogens (primary N) is 1. The number of amides is 2. The molecule has 1 rings (SSSR count). The van der Waals surface area contributed by atoms with Gasteiger partial charge in [0, 0.05) is 13.0 Å². The number of nitrogens with one attached hydrogen (secondary N) is 3. The molecule has 1 heterocycles. The van der Waals surface area contributed by atoms with E-state index in [4.69, 9.17) is 16.9 Å². The molecule has 10 nitrogen and oxygen atoms in total. The van der Waals surface area contributed by atoms with Crippen molar-refractivity contribution < 1.29 is 29.2 Å². The van der Waals surface area contributed by atoms with Gasteiger partial charge in [0.25, 0.3) is 5.78 Å². The number of aliphatic hydroxyl groups is 1. The van der Waals surface area contributed by atoms with Crippen LogP contribution in [0.2, 0.25) is 0 Å². The highest BCUT2D eigenvalue weighted by Crippen LogP contribution is 2.33. The lowest BCUT2D eigenvalue weighted by molar-refractivity contribution is -0.460. The van der Waals surface area contributed by atoms with Gasteiger partial charge in [-0.2, -0.15) is 0 Å². The van der Waals surface area contributed by atoms with E-state index < -0.39 is 41.1 Å². The lowest BCUT2D eigenvalue weighted by atomic mass is 9.84. The minimum absolute atomic E-state index is 0.0199. The number of carbonyl (C=O) groups excluding carboxylic acids is 3. The number of aliphatic hydroxyl groups excluding tert-OH is 1. The molecule has 1 aliphatic heterocycles. The van der Waals surface area contributed by atoms with Gasteiger partial charge in [-0.1, -0.05) is 34.6 Å². The zero-order chi connectivity index (χ0) is 26.8. The Morgan fingerprint density at radius 3 is 2.49 bits per heavy atom. The van der Waals surface area contributed by atoms with Gasteiger partial charge in [0.2, 0.25) is 11.8 Å². The molecule has 0 aromatic carbocycles. The predicted molar refractivity (Wildman–Crippen MR) is 134 cm³/mol. The lowest BCUT2D eigenvalue weighted by Gasteiger charge is -2.37. The average Bonchev–Trinajstić information content (AvgIpc) is 3.23. The molecule has 0 aromatic heterocycles. The van der Waals surface area contributed by atoms with Crippen LogP contribution in [0.1, 0.15) is 60.8 Å². The summed E-state index contributed by atoms with van der Waals surface area (Å²) in [6.45, 7) is 12.5. The first-order valence-corrected chi connectivity index (χ1v) is 12.3. The van der Waals surface area contributed by atoms with E-state index >= 15 is 0 Å². The summed E-state index contributed by atoms with van der Waals surface area (Å²) in [6.07, 6.45) is 6.45. The van der Waals surface area contributed by atoms with E-state index in [1.54, 1.807) is 11.8 Å². The first kappa shape index (κ1) is 30.6. The summed E-state index contributed by atoms with van der Waals surface area (Å²) in [7, 11) is 0. The number of likely N-dealkylation sites (tertiary alicyclic amines) is 1. The highest BCUT2D eigenvalue weighted by molar-refractivity contribution is 6.35. The van der Waals surface area contributed by atoms with Crippen molar-refractivity contribution >= 4 is 23.5 Å². The Labute approximate surface area is 209 Å². The molecular formula is C25H44N5O5+. The molecule has 10 heteroatoms. The number of ether oxygens (including phenoxy) is 1. The van der Waals surface area contributed by atoms with Crippen LogP contribution < -0.4 is 21.4 Å². The van der Waals surface area contributed by atoms with Crippen LogP contribution in [-0.4, -0.2) is 78.2 Å². The van der Waals surface area contributed by atoms with Crippen molar-refractivity contribution in [1.82, 2.24) is 15.5 Å². The Hall–Kier alpha value is -2.48. The maximum Gasteiger partial charge on any atom is 0.405 e. The van der Waals surface area contributed by atoms with Gasteiger partial charge in [0.1, 0.15) is 18.6 Å². The van der Waals surface area contributed by atoms with E-state index in [2.05, 4.69) is 21.5 Å². The highest BCUT2D eigenvalue weighted by Gasteiger charge is 2.47. The van der Waals surface area contributed by atoms with Crippen molar-refractivity contribution in [3.8, 4) is 12.3 Å². The standard InChI is InChI=1S/C25H43N5O5/c1-8-10-11-18(20(31)23(33)27-9-2)29-22(32)19-17(16(3)4)12-13-30(19)24(34)21(25(5,6)7)28-15-35-14-26/h1,16-19,21,28H,9-15,26H2,2-7H3,(H,27,33)(H,29,32)/p+1/t17-,18?,19+,21-/m1/s1. The molecular weight excluding hydrogens is 450 g/mol. The van der Waals surface area contributed by atoms with E-state index in [9.17, 15) is 19.5 Å². The van der Waals surface area contributed by atoms with Gasteiger partial charge in [0.15, 0.2) is 0 Å². The largest absolute Gasteiger partial charge is 0.458 e. The van der Waals surface area contributed by atoms with Crippen LogP contribution in [0.4, 0.5) is 0 Å². The minimum atomic E-state index is -1.00. The monoisotopic (exact) mass is 494 g/mol. The Bertz CT molecular complexity index is 799.